The van der Waals surface area contributed by atoms with E-state index >= 15 is 0 Å². The van der Waals surface area contributed by atoms with E-state index in [1.807, 2.05) is 4.90 Å². The van der Waals surface area contributed by atoms with Gasteiger partial charge in [0.15, 0.2) is 0 Å². The van der Waals surface area contributed by atoms with Crippen LogP contribution in [0.25, 0.3) is 11.3 Å². The predicted molar refractivity (Wildman–Crippen MR) is 145 cm³/mol. The molecule has 1 saturated carbocycles. The zero-order valence-electron chi connectivity index (χ0n) is 23.2. The molecule has 192 valence electrons. The van der Waals surface area contributed by atoms with Crippen LogP contribution in [0.5, 0.6) is 0 Å². The predicted octanol–water partition coefficient (Wildman–Crippen LogP) is 7.11. The fourth-order valence-electron chi connectivity index (χ4n) is 5.54. The summed E-state index contributed by atoms with van der Waals surface area (Å²) in [5, 5.41) is 0. The molecule has 1 aromatic heterocycles. The largest absolute Gasteiger partial charge is 0.378 e. The Kier molecular flexibility index (Phi) is 7.52. The Balaban J connectivity index is 1.84. The van der Waals surface area contributed by atoms with Crippen LogP contribution < -0.4 is 0 Å². The molecule has 0 atom stereocenters. The number of aromatic nitrogens is 1. The van der Waals surface area contributed by atoms with Gasteiger partial charge in [0, 0.05) is 31.0 Å². The van der Waals surface area contributed by atoms with Crippen LogP contribution in [0.4, 0.5) is 0 Å². The van der Waals surface area contributed by atoms with Gasteiger partial charge < -0.3 is 14.2 Å². The number of ether oxygens (including phenoxy) is 1. The van der Waals surface area contributed by atoms with Crippen LogP contribution in [0.1, 0.15) is 101 Å². The molecule has 0 spiro atoms. The van der Waals surface area contributed by atoms with E-state index in [-0.39, 0.29) is 16.7 Å². The van der Waals surface area contributed by atoms with Crippen LogP contribution in [-0.4, -0.2) is 41.7 Å². The van der Waals surface area contributed by atoms with Gasteiger partial charge in [-0.2, -0.15) is 0 Å². The van der Waals surface area contributed by atoms with Crippen molar-refractivity contribution in [1.29, 1.82) is 0 Å². The molecule has 4 nitrogen and oxygen atoms in total. The number of carbonyl (C=O) groups is 1. The maximum atomic E-state index is 13.6. The van der Waals surface area contributed by atoms with Crippen molar-refractivity contribution in [1.82, 2.24) is 9.47 Å². The smallest absolute Gasteiger partial charge is 0.255 e. The molecule has 2 aromatic rings. The zero-order chi connectivity index (χ0) is 25.4. The lowest BCUT2D eigenvalue weighted by Gasteiger charge is -2.28. The molecule has 1 aliphatic carbocycles. The second-order valence-electron chi connectivity index (χ2n) is 12.8. The van der Waals surface area contributed by atoms with Crippen molar-refractivity contribution in [3.05, 3.63) is 46.6 Å². The summed E-state index contributed by atoms with van der Waals surface area (Å²) in [6.07, 6.45) is 6.59. The first-order valence-corrected chi connectivity index (χ1v) is 13.7. The topological polar surface area (TPSA) is 34.5 Å². The fourth-order valence-corrected chi connectivity index (χ4v) is 5.54. The molecule has 0 unspecified atom stereocenters. The van der Waals surface area contributed by atoms with Crippen LogP contribution in [0.3, 0.4) is 0 Å². The fraction of sp³-hybridized carbons (Fsp3) is 0.645. The van der Waals surface area contributed by atoms with Crippen molar-refractivity contribution in [2.75, 3.05) is 26.3 Å². The minimum atomic E-state index is 0.0539. The van der Waals surface area contributed by atoms with Crippen LogP contribution in [-0.2, 0) is 22.1 Å². The van der Waals surface area contributed by atoms with E-state index in [0.29, 0.717) is 32.2 Å². The van der Waals surface area contributed by atoms with E-state index in [9.17, 15) is 4.79 Å². The molecule has 4 rings (SSSR count). The summed E-state index contributed by atoms with van der Waals surface area (Å²) in [5.41, 5.74) is 7.21. The lowest BCUT2D eigenvalue weighted by atomic mass is 9.79. The highest BCUT2D eigenvalue weighted by atomic mass is 16.5. The quantitative estimate of drug-likeness (QED) is 0.469. The molecule has 0 N–H and O–H groups in total. The third kappa shape index (κ3) is 5.85. The van der Waals surface area contributed by atoms with Crippen molar-refractivity contribution in [3.63, 3.8) is 0 Å². The van der Waals surface area contributed by atoms with Gasteiger partial charge in [-0.05, 0) is 71.4 Å². The average molecular weight is 479 g/mol. The molecule has 1 saturated heterocycles. The van der Waals surface area contributed by atoms with Gasteiger partial charge in [-0.15, -0.1) is 0 Å². The first kappa shape index (κ1) is 26.0. The molecule has 0 bridgehead atoms. The lowest BCUT2D eigenvalue weighted by molar-refractivity contribution is 0.0302. The van der Waals surface area contributed by atoms with Gasteiger partial charge in [0.1, 0.15) is 0 Å². The molecule has 2 heterocycles. The maximum absolute atomic E-state index is 13.6. The zero-order valence-corrected chi connectivity index (χ0v) is 23.2. The number of amides is 1. The van der Waals surface area contributed by atoms with Crippen molar-refractivity contribution in [2.45, 2.75) is 97.9 Å². The summed E-state index contributed by atoms with van der Waals surface area (Å²) in [6, 6.07) is 9.30. The second kappa shape index (κ2) is 10.1. The Labute approximate surface area is 213 Å². The van der Waals surface area contributed by atoms with Crippen LogP contribution >= 0.6 is 0 Å². The summed E-state index contributed by atoms with van der Waals surface area (Å²) in [6.45, 7) is 19.5. The highest BCUT2D eigenvalue weighted by molar-refractivity contribution is 5.97. The SMILES string of the molecule is Cc1c(C(=O)N2CCOCC2)cc(-c2cc(C(C)(C)C)cc(C(C)(C)C)c2)n1CC1CCCCC1. The van der Waals surface area contributed by atoms with Crippen molar-refractivity contribution in [3.8, 4) is 11.3 Å². The van der Waals surface area contributed by atoms with Gasteiger partial charge in [-0.1, -0.05) is 66.9 Å². The highest BCUT2D eigenvalue weighted by Gasteiger charge is 2.27. The van der Waals surface area contributed by atoms with Crippen molar-refractivity contribution < 1.29 is 9.53 Å². The van der Waals surface area contributed by atoms with E-state index < -0.39 is 0 Å². The number of morpholine rings is 1. The number of carbonyl (C=O) groups excluding carboxylic acids is 1. The summed E-state index contributed by atoms with van der Waals surface area (Å²) in [7, 11) is 0. The molecule has 0 radical (unpaired) electrons. The first-order valence-electron chi connectivity index (χ1n) is 13.7. The molecular formula is C31H46N2O2. The number of hydrogen-bond donors (Lipinski definition) is 0. The second-order valence-corrected chi connectivity index (χ2v) is 12.8. The van der Waals surface area contributed by atoms with E-state index in [1.54, 1.807) is 0 Å². The van der Waals surface area contributed by atoms with Crippen LogP contribution in [0.2, 0.25) is 0 Å². The standard InChI is InChI=1S/C31H46N2O2/c1-22-27(29(34)32-13-15-35-16-14-32)20-28(33(22)21-23-11-9-8-10-12-23)24-17-25(30(2,3)4)19-26(18-24)31(5,6)7/h17-20,23H,8-16,21H2,1-7H3. The Morgan fingerprint density at radius 2 is 1.46 bits per heavy atom. The van der Waals surface area contributed by atoms with Gasteiger partial charge in [-0.3, -0.25) is 4.79 Å². The monoisotopic (exact) mass is 478 g/mol. The Morgan fingerprint density at radius 3 is 2.00 bits per heavy atom. The summed E-state index contributed by atoms with van der Waals surface area (Å²) in [5.74, 6) is 0.838. The summed E-state index contributed by atoms with van der Waals surface area (Å²) in [4.78, 5) is 15.6. The van der Waals surface area contributed by atoms with Crippen LogP contribution in [0, 0.1) is 12.8 Å². The number of benzene rings is 1. The van der Waals surface area contributed by atoms with E-state index in [4.69, 9.17) is 4.74 Å². The molecule has 1 aromatic carbocycles. The van der Waals surface area contributed by atoms with Crippen LogP contribution in [0.15, 0.2) is 24.3 Å². The van der Waals surface area contributed by atoms with Crippen molar-refractivity contribution in [2.24, 2.45) is 5.92 Å². The lowest BCUT2D eigenvalue weighted by Crippen LogP contribution is -2.40. The van der Waals surface area contributed by atoms with Gasteiger partial charge >= 0.3 is 0 Å². The minimum absolute atomic E-state index is 0.0539. The molecule has 1 amide bonds. The van der Waals surface area contributed by atoms with E-state index in [2.05, 4.69) is 77.3 Å². The summed E-state index contributed by atoms with van der Waals surface area (Å²) >= 11 is 0. The highest BCUT2D eigenvalue weighted by Crippen LogP contribution is 2.37. The third-order valence-corrected chi connectivity index (χ3v) is 8.02. The van der Waals surface area contributed by atoms with Crippen molar-refractivity contribution >= 4 is 5.91 Å². The number of rotatable bonds is 4. The molecular weight excluding hydrogens is 432 g/mol. The average Bonchev–Trinajstić information content (AvgIpc) is 3.14. The third-order valence-electron chi connectivity index (χ3n) is 8.02. The minimum Gasteiger partial charge on any atom is -0.378 e. The summed E-state index contributed by atoms with van der Waals surface area (Å²) < 4.78 is 7.98. The van der Waals surface area contributed by atoms with E-state index in [0.717, 1.165) is 17.8 Å². The number of nitrogens with zero attached hydrogens (tertiary/aromatic N) is 2. The van der Waals surface area contributed by atoms with Gasteiger partial charge in [0.2, 0.25) is 0 Å². The molecule has 2 fully saturated rings. The Morgan fingerprint density at radius 1 is 0.886 bits per heavy atom. The molecule has 4 heteroatoms. The van der Waals surface area contributed by atoms with E-state index in [1.165, 1.54) is 54.5 Å². The number of hydrogen-bond acceptors (Lipinski definition) is 2. The first-order chi connectivity index (χ1) is 16.4. The normalized spacial score (nSPS) is 18.2. The van der Waals surface area contributed by atoms with Gasteiger partial charge in [0.05, 0.1) is 18.8 Å². The van der Waals surface area contributed by atoms with Gasteiger partial charge in [0.25, 0.3) is 5.91 Å². The molecule has 1 aliphatic heterocycles. The molecule has 35 heavy (non-hydrogen) atoms. The van der Waals surface area contributed by atoms with Gasteiger partial charge in [-0.25, -0.2) is 0 Å². The maximum Gasteiger partial charge on any atom is 0.255 e. The molecule has 2 aliphatic rings. The Hall–Kier alpha value is -2.07. The Bertz CT molecular complexity index is 1010.